The van der Waals surface area contributed by atoms with E-state index in [9.17, 15) is 4.39 Å². The van der Waals surface area contributed by atoms with Crippen LogP contribution in [0.5, 0.6) is 0 Å². The van der Waals surface area contributed by atoms with Crippen LogP contribution in [-0.2, 0) is 6.54 Å². The van der Waals surface area contributed by atoms with Crippen LogP contribution in [0, 0.1) is 12.7 Å². The summed E-state index contributed by atoms with van der Waals surface area (Å²) in [6, 6.07) is 16.6. The number of aryl methyl sites for hydroxylation is 1. The molecule has 1 aliphatic rings. The Balaban J connectivity index is 1.27. The second-order valence-corrected chi connectivity index (χ2v) is 8.02. The lowest BCUT2D eigenvalue weighted by atomic mass is 10.1. The summed E-state index contributed by atoms with van der Waals surface area (Å²) < 4.78 is 15.3. The highest BCUT2D eigenvalue weighted by molar-refractivity contribution is 5.72. The maximum absolute atomic E-state index is 13.3. The highest BCUT2D eigenvalue weighted by Gasteiger charge is 2.22. The van der Waals surface area contributed by atoms with Gasteiger partial charge < -0.3 is 4.90 Å². The maximum atomic E-state index is 13.3. The van der Waals surface area contributed by atoms with Gasteiger partial charge in [-0.15, -0.1) is 0 Å². The Bertz CT molecular complexity index is 1180. The molecule has 162 valence electrons. The molecule has 1 fully saturated rings. The number of para-hydroxylation sites is 1. The zero-order valence-electron chi connectivity index (χ0n) is 18.0. The third-order valence-corrected chi connectivity index (χ3v) is 5.88. The van der Waals surface area contributed by atoms with E-state index in [1.54, 1.807) is 24.5 Å². The summed E-state index contributed by atoms with van der Waals surface area (Å²) in [5.41, 5.74) is 5.04. The van der Waals surface area contributed by atoms with Crippen molar-refractivity contribution in [3.8, 4) is 16.9 Å². The van der Waals surface area contributed by atoms with E-state index < -0.39 is 0 Å². The van der Waals surface area contributed by atoms with E-state index in [0.717, 1.165) is 61.2 Å². The van der Waals surface area contributed by atoms with Gasteiger partial charge in [-0.05, 0) is 43.3 Å². The SMILES string of the molecule is Cc1nn(-c2ccccc2)cc1CN1CCN(c2nccnc2-c2ccc(F)cc2)CC1. The second-order valence-electron chi connectivity index (χ2n) is 8.02. The summed E-state index contributed by atoms with van der Waals surface area (Å²) in [6.07, 6.45) is 5.54. The zero-order valence-corrected chi connectivity index (χ0v) is 18.0. The van der Waals surface area contributed by atoms with Gasteiger partial charge in [-0.3, -0.25) is 9.88 Å². The van der Waals surface area contributed by atoms with Crippen molar-refractivity contribution in [2.45, 2.75) is 13.5 Å². The molecule has 0 spiro atoms. The topological polar surface area (TPSA) is 50.1 Å². The molecular weight excluding hydrogens is 403 g/mol. The molecule has 0 atom stereocenters. The van der Waals surface area contributed by atoms with Crippen molar-refractivity contribution in [2.24, 2.45) is 0 Å². The highest BCUT2D eigenvalue weighted by Crippen LogP contribution is 2.27. The Hall–Kier alpha value is -3.58. The minimum Gasteiger partial charge on any atom is -0.352 e. The Morgan fingerprint density at radius 3 is 2.34 bits per heavy atom. The summed E-state index contributed by atoms with van der Waals surface area (Å²) >= 11 is 0. The molecule has 7 heteroatoms. The van der Waals surface area contributed by atoms with Crippen LogP contribution in [-0.4, -0.2) is 50.8 Å². The molecule has 0 unspecified atom stereocenters. The lowest BCUT2D eigenvalue weighted by molar-refractivity contribution is 0.249. The van der Waals surface area contributed by atoms with Gasteiger partial charge in [0.05, 0.1) is 11.4 Å². The van der Waals surface area contributed by atoms with E-state index in [4.69, 9.17) is 5.10 Å². The number of anilines is 1. The monoisotopic (exact) mass is 428 g/mol. The number of halogens is 1. The average molecular weight is 429 g/mol. The molecule has 3 heterocycles. The van der Waals surface area contributed by atoms with Crippen molar-refractivity contribution in [1.29, 1.82) is 0 Å². The third kappa shape index (κ3) is 4.24. The Morgan fingerprint density at radius 1 is 0.875 bits per heavy atom. The Morgan fingerprint density at radius 2 is 1.59 bits per heavy atom. The molecule has 2 aromatic carbocycles. The molecule has 0 amide bonds. The molecule has 0 bridgehead atoms. The number of benzene rings is 2. The number of rotatable bonds is 5. The largest absolute Gasteiger partial charge is 0.352 e. The van der Waals surface area contributed by atoms with Crippen molar-refractivity contribution >= 4 is 5.82 Å². The second kappa shape index (κ2) is 8.88. The number of hydrogen-bond acceptors (Lipinski definition) is 5. The lowest BCUT2D eigenvalue weighted by Crippen LogP contribution is -2.46. The minimum atomic E-state index is -0.251. The van der Waals surface area contributed by atoms with Crippen molar-refractivity contribution in [2.75, 3.05) is 31.1 Å². The first kappa shape index (κ1) is 20.3. The van der Waals surface area contributed by atoms with E-state index >= 15 is 0 Å². The van der Waals surface area contributed by atoms with Crippen LogP contribution < -0.4 is 4.90 Å². The highest BCUT2D eigenvalue weighted by atomic mass is 19.1. The first-order chi connectivity index (χ1) is 15.7. The molecule has 4 aromatic rings. The van der Waals surface area contributed by atoms with Gasteiger partial charge in [-0.25, -0.2) is 14.1 Å². The van der Waals surface area contributed by atoms with Crippen molar-refractivity contribution in [1.82, 2.24) is 24.6 Å². The maximum Gasteiger partial charge on any atom is 0.155 e. The smallest absolute Gasteiger partial charge is 0.155 e. The van der Waals surface area contributed by atoms with Crippen LogP contribution in [0.3, 0.4) is 0 Å². The fraction of sp³-hybridized carbons (Fsp3) is 0.240. The van der Waals surface area contributed by atoms with Gasteiger partial charge in [0, 0.05) is 62.4 Å². The fourth-order valence-electron chi connectivity index (χ4n) is 4.10. The standard InChI is InChI=1S/C25H25FN6/c1-19-21(18-32(29-19)23-5-3-2-4-6-23)17-30-13-15-31(16-14-30)25-24(27-11-12-28-25)20-7-9-22(26)10-8-20/h2-12,18H,13-17H2,1H3. The van der Waals surface area contributed by atoms with Crippen LogP contribution in [0.15, 0.2) is 73.2 Å². The van der Waals surface area contributed by atoms with Crippen molar-refractivity contribution in [3.63, 3.8) is 0 Å². The van der Waals surface area contributed by atoms with E-state index in [2.05, 4.69) is 45.0 Å². The number of hydrogen-bond donors (Lipinski definition) is 0. The molecule has 5 rings (SSSR count). The number of nitrogens with zero attached hydrogens (tertiary/aromatic N) is 6. The fourth-order valence-corrected chi connectivity index (χ4v) is 4.10. The molecule has 0 radical (unpaired) electrons. The molecule has 1 saturated heterocycles. The van der Waals surface area contributed by atoms with Crippen LogP contribution in [0.2, 0.25) is 0 Å². The van der Waals surface area contributed by atoms with E-state index in [0.29, 0.717) is 0 Å². The van der Waals surface area contributed by atoms with Gasteiger partial charge in [0.2, 0.25) is 0 Å². The summed E-state index contributed by atoms with van der Waals surface area (Å²) in [5, 5.41) is 4.69. The third-order valence-electron chi connectivity index (χ3n) is 5.88. The van der Waals surface area contributed by atoms with Crippen LogP contribution >= 0.6 is 0 Å². The van der Waals surface area contributed by atoms with Gasteiger partial charge in [0.25, 0.3) is 0 Å². The van der Waals surface area contributed by atoms with Gasteiger partial charge in [0.1, 0.15) is 11.5 Å². The first-order valence-electron chi connectivity index (χ1n) is 10.8. The van der Waals surface area contributed by atoms with Crippen LogP contribution in [0.1, 0.15) is 11.3 Å². The van der Waals surface area contributed by atoms with E-state index in [1.165, 1.54) is 17.7 Å². The van der Waals surface area contributed by atoms with E-state index in [1.807, 2.05) is 22.9 Å². The quantitative estimate of drug-likeness (QED) is 0.479. The molecule has 32 heavy (non-hydrogen) atoms. The summed E-state index contributed by atoms with van der Waals surface area (Å²) in [5.74, 6) is 0.602. The summed E-state index contributed by atoms with van der Waals surface area (Å²) in [4.78, 5) is 13.8. The number of piperazine rings is 1. The van der Waals surface area contributed by atoms with Gasteiger partial charge >= 0.3 is 0 Å². The normalized spacial score (nSPS) is 14.6. The minimum absolute atomic E-state index is 0.251. The van der Waals surface area contributed by atoms with Gasteiger partial charge in [0.15, 0.2) is 5.82 Å². The van der Waals surface area contributed by atoms with Gasteiger partial charge in [-0.1, -0.05) is 18.2 Å². The van der Waals surface area contributed by atoms with E-state index in [-0.39, 0.29) is 5.82 Å². The summed E-state index contributed by atoms with van der Waals surface area (Å²) in [6.45, 7) is 6.51. The molecule has 0 N–H and O–H groups in total. The molecule has 1 aliphatic heterocycles. The summed E-state index contributed by atoms with van der Waals surface area (Å²) in [7, 11) is 0. The Labute approximate surface area is 187 Å². The lowest BCUT2D eigenvalue weighted by Gasteiger charge is -2.35. The molecular formula is C25H25FN6. The van der Waals surface area contributed by atoms with Crippen molar-refractivity contribution < 1.29 is 4.39 Å². The van der Waals surface area contributed by atoms with Gasteiger partial charge in [-0.2, -0.15) is 5.10 Å². The Kier molecular flexibility index (Phi) is 5.64. The molecule has 0 saturated carbocycles. The average Bonchev–Trinajstić information content (AvgIpc) is 3.21. The molecule has 0 aliphatic carbocycles. The van der Waals surface area contributed by atoms with Crippen LogP contribution in [0.4, 0.5) is 10.2 Å². The van der Waals surface area contributed by atoms with Crippen molar-refractivity contribution in [3.05, 3.63) is 90.3 Å². The predicted octanol–water partition coefficient (Wildman–Crippen LogP) is 4.10. The first-order valence-corrected chi connectivity index (χ1v) is 10.8. The van der Waals surface area contributed by atoms with Crippen LogP contribution in [0.25, 0.3) is 16.9 Å². The predicted molar refractivity (Wildman–Crippen MR) is 123 cm³/mol. The zero-order chi connectivity index (χ0) is 21.9. The molecule has 2 aromatic heterocycles. The number of aromatic nitrogens is 4. The molecule has 6 nitrogen and oxygen atoms in total.